The first kappa shape index (κ1) is 14.1. The third-order valence-corrected chi connectivity index (χ3v) is 3.60. The van der Waals surface area contributed by atoms with Crippen molar-refractivity contribution in [2.45, 2.75) is 0 Å². The van der Waals surface area contributed by atoms with E-state index in [1.165, 1.54) is 17.8 Å². The van der Waals surface area contributed by atoms with Gasteiger partial charge in [0.25, 0.3) is 5.56 Å². The van der Waals surface area contributed by atoms with Crippen LogP contribution >= 0.6 is 0 Å². The van der Waals surface area contributed by atoms with Gasteiger partial charge in [-0.25, -0.2) is 9.89 Å². The number of amides is 2. The molecule has 7 nitrogen and oxygen atoms in total. The quantitative estimate of drug-likeness (QED) is 0.871. The second-order valence-corrected chi connectivity index (χ2v) is 5.05. The monoisotopic (exact) mass is 299 g/mol. The number of hydrogen-bond acceptors (Lipinski definition) is 4. The second-order valence-electron chi connectivity index (χ2n) is 5.05. The van der Waals surface area contributed by atoms with E-state index in [-0.39, 0.29) is 11.6 Å². The highest BCUT2D eigenvalue weighted by atomic mass is 16.2. The Balaban J connectivity index is 1.56. The van der Waals surface area contributed by atoms with Crippen LogP contribution < -0.4 is 15.8 Å². The molecule has 1 aliphatic heterocycles. The van der Waals surface area contributed by atoms with E-state index in [1.54, 1.807) is 4.90 Å². The van der Waals surface area contributed by atoms with E-state index in [4.69, 9.17) is 0 Å². The molecule has 0 bridgehead atoms. The van der Waals surface area contributed by atoms with Crippen LogP contribution in [0.15, 0.2) is 47.3 Å². The van der Waals surface area contributed by atoms with Crippen molar-refractivity contribution in [2.75, 3.05) is 36.4 Å². The van der Waals surface area contributed by atoms with Gasteiger partial charge >= 0.3 is 6.03 Å². The fraction of sp³-hybridized carbons (Fsp3) is 0.267. The van der Waals surface area contributed by atoms with E-state index < -0.39 is 0 Å². The van der Waals surface area contributed by atoms with Crippen LogP contribution in [0.4, 0.5) is 16.3 Å². The fourth-order valence-electron chi connectivity index (χ4n) is 2.41. The topological polar surface area (TPSA) is 81.3 Å². The fourth-order valence-corrected chi connectivity index (χ4v) is 2.41. The van der Waals surface area contributed by atoms with E-state index in [2.05, 4.69) is 32.5 Å². The molecule has 0 unspecified atom stereocenters. The lowest BCUT2D eigenvalue weighted by molar-refractivity contribution is 0.208. The maximum Gasteiger partial charge on any atom is 0.323 e. The molecule has 7 heteroatoms. The number of benzene rings is 1. The molecule has 1 saturated heterocycles. The molecule has 2 N–H and O–H groups in total. The van der Waals surface area contributed by atoms with Gasteiger partial charge in [0.05, 0.1) is 0 Å². The Bertz CT molecular complexity index is 672. The van der Waals surface area contributed by atoms with Crippen molar-refractivity contribution in [3.8, 4) is 0 Å². The first-order valence-electron chi connectivity index (χ1n) is 7.14. The summed E-state index contributed by atoms with van der Waals surface area (Å²) in [6.07, 6.45) is 0. The summed E-state index contributed by atoms with van der Waals surface area (Å²) in [5, 5.41) is 8.74. The molecule has 114 valence electrons. The van der Waals surface area contributed by atoms with Crippen molar-refractivity contribution in [2.24, 2.45) is 0 Å². The van der Waals surface area contributed by atoms with Crippen LogP contribution in [0.2, 0.25) is 0 Å². The Morgan fingerprint density at radius 2 is 1.77 bits per heavy atom. The number of hydrogen-bond donors (Lipinski definition) is 2. The van der Waals surface area contributed by atoms with Crippen LogP contribution in [0.5, 0.6) is 0 Å². The van der Waals surface area contributed by atoms with Gasteiger partial charge in [0.1, 0.15) is 0 Å². The van der Waals surface area contributed by atoms with Gasteiger partial charge in [0.15, 0.2) is 5.82 Å². The number of aromatic amines is 1. The first-order valence-corrected chi connectivity index (χ1v) is 7.14. The first-order chi connectivity index (χ1) is 10.7. The minimum Gasteiger partial charge on any atom is -0.368 e. The summed E-state index contributed by atoms with van der Waals surface area (Å²) in [5.41, 5.74) is 0.874. The third kappa shape index (κ3) is 3.25. The highest BCUT2D eigenvalue weighted by Gasteiger charge is 2.21. The summed E-state index contributed by atoms with van der Waals surface area (Å²) in [6, 6.07) is 12.8. The van der Waals surface area contributed by atoms with Gasteiger partial charge in [-0.1, -0.05) is 18.2 Å². The zero-order valence-corrected chi connectivity index (χ0v) is 12.0. The Morgan fingerprint density at radius 3 is 2.41 bits per heavy atom. The minimum atomic E-state index is -0.297. The maximum atomic E-state index is 12.2. The van der Waals surface area contributed by atoms with Crippen LogP contribution in [-0.2, 0) is 0 Å². The molecule has 1 fully saturated rings. The van der Waals surface area contributed by atoms with E-state index in [0.717, 1.165) is 13.1 Å². The minimum absolute atomic E-state index is 0.202. The van der Waals surface area contributed by atoms with E-state index in [1.807, 2.05) is 18.2 Å². The maximum absolute atomic E-state index is 12.2. The largest absolute Gasteiger partial charge is 0.368 e. The van der Waals surface area contributed by atoms with E-state index in [9.17, 15) is 9.59 Å². The highest BCUT2D eigenvalue weighted by Crippen LogP contribution is 2.15. The molecule has 22 heavy (non-hydrogen) atoms. The summed E-state index contributed by atoms with van der Waals surface area (Å²) in [5.74, 6) is 0.343. The smallest absolute Gasteiger partial charge is 0.323 e. The van der Waals surface area contributed by atoms with Gasteiger partial charge in [0.2, 0.25) is 0 Å². The highest BCUT2D eigenvalue weighted by molar-refractivity contribution is 5.88. The number of rotatable bonds is 2. The summed E-state index contributed by atoms with van der Waals surface area (Å²) in [4.78, 5) is 27.1. The molecule has 0 spiro atoms. The van der Waals surface area contributed by atoms with Crippen molar-refractivity contribution in [3.63, 3.8) is 0 Å². The Labute approximate surface area is 127 Å². The SMILES string of the molecule is O=C(Nc1ccc(=O)[nH]n1)N1CCN(c2ccccc2)CC1. The molecule has 0 saturated carbocycles. The van der Waals surface area contributed by atoms with Crippen LogP contribution in [0.1, 0.15) is 0 Å². The third-order valence-electron chi connectivity index (χ3n) is 3.60. The van der Waals surface area contributed by atoms with Crippen LogP contribution in [-0.4, -0.2) is 47.3 Å². The Morgan fingerprint density at radius 1 is 1.05 bits per heavy atom. The lowest BCUT2D eigenvalue weighted by atomic mass is 10.2. The zero-order chi connectivity index (χ0) is 15.4. The van der Waals surface area contributed by atoms with Crippen molar-refractivity contribution < 1.29 is 4.79 Å². The number of urea groups is 1. The van der Waals surface area contributed by atoms with Crippen molar-refractivity contribution in [1.29, 1.82) is 0 Å². The van der Waals surface area contributed by atoms with Crippen LogP contribution in [0, 0.1) is 0 Å². The molecular formula is C15H17N5O2. The number of H-pyrrole nitrogens is 1. The molecule has 1 aliphatic rings. The zero-order valence-electron chi connectivity index (χ0n) is 12.0. The molecule has 2 heterocycles. The summed E-state index contributed by atoms with van der Waals surface area (Å²) in [7, 11) is 0. The molecule has 2 amide bonds. The standard InChI is InChI=1S/C15H17N5O2/c21-14-7-6-13(17-18-14)16-15(22)20-10-8-19(9-11-20)12-4-2-1-3-5-12/h1-7H,8-11H2,(H,18,21)(H,16,17,22). The van der Waals surface area contributed by atoms with Gasteiger partial charge in [-0.3, -0.25) is 10.1 Å². The molecule has 0 atom stereocenters. The number of piperazine rings is 1. The summed E-state index contributed by atoms with van der Waals surface area (Å²) < 4.78 is 0. The average molecular weight is 299 g/mol. The number of nitrogens with zero attached hydrogens (tertiary/aromatic N) is 3. The number of carbonyl (C=O) groups excluding carboxylic acids is 1. The number of anilines is 2. The van der Waals surface area contributed by atoms with Gasteiger partial charge in [-0.2, -0.15) is 5.10 Å². The molecular weight excluding hydrogens is 282 g/mol. The average Bonchev–Trinajstić information content (AvgIpc) is 2.58. The van der Waals surface area contributed by atoms with E-state index >= 15 is 0 Å². The predicted molar refractivity (Wildman–Crippen MR) is 84.1 cm³/mol. The molecule has 0 radical (unpaired) electrons. The van der Waals surface area contributed by atoms with Gasteiger partial charge in [-0.05, 0) is 18.2 Å². The Kier molecular flexibility index (Phi) is 4.04. The van der Waals surface area contributed by atoms with Crippen molar-refractivity contribution in [1.82, 2.24) is 15.1 Å². The van der Waals surface area contributed by atoms with Gasteiger partial charge < -0.3 is 9.80 Å². The lowest BCUT2D eigenvalue weighted by Gasteiger charge is -2.35. The summed E-state index contributed by atoms with van der Waals surface area (Å²) in [6.45, 7) is 2.86. The number of carbonyl (C=O) groups is 1. The van der Waals surface area contributed by atoms with Gasteiger partial charge in [-0.15, -0.1) is 0 Å². The molecule has 2 aromatic rings. The molecule has 3 rings (SSSR count). The summed E-state index contributed by atoms with van der Waals surface area (Å²) >= 11 is 0. The predicted octanol–water partition coefficient (Wildman–Crippen LogP) is 1.12. The van der Waals surface area contributed by atoms with Crippen LogP contribution in [0.25, 0.3) is 0 Å². The second kappa shape index (κ2) is 6.30. The molecule has 0 aliphatic carbocycles. The van der Waals surface area contributed by atoms with E-state index in [0.29, 0.717) is 18.9 Å². The molecule has 1 aromatic heterocycles. The van der Waals surface area contributed by atoms with Crippen molar-refractivity contribution in [3.05, 3.63) is 52.8 Å². The number of aromatic nitrogens is 2. The normalized spacial score (nSPS) is 14.7. The Hall–Kier alpha value is -2.83. The van der Waals surface area contributed by atoms with Gasteiger partial charge in [0, 0.05) is 37.9 Å². The van der Waals surface area contributed by atoms with Crippen LogP contribution in [0.3, 0.4) is 0 Å². The lowest BCUT2D eigenvalue weighted by Crippen LogP contribution is -2.50. The number of nitrogens with one attached hydrogen (secondary N) is 2. The molecule has 1 aromatic carbocycles. The van der Waals surface area contributed by atoms with Crippen molar-refractivity contribution >= 4 is 17.5 Å². The number of para-hydroxylation sites is 1.